The maximum atomic E-state index is 12.4. The van der Waals surface area contributed by atoms with Gasteiger partial charge in [0.05, 0.1) is 0 Å². The van der Waals surface area contributed by atoms with Gasteiger partial charge in [-0.25, -0.2) is 4.98 Å². The number of carbonyl (C=O) groups excluding carboxylic acids is 1. The molecule has 6 heteroatoms. The first-order valence-corrected chi connectivity index (χ1v) is 7.08. The highest BCUT2D eigenvalue weighted by Crippen LogP contribution is 2.11. The van der Waals surface area contributed by atoms with Crippen molar-refractivity contribution in [3.63, 3.8) is 0 Å². The largest absolute Gasteiger partial charge is 0.354 e. The molecule has 0 aliphatic rings. The molecule has 21 heavy (non-hydrogen) atoms. The lowest BCUT2D eigenvalue weighted by Gasteiger charge is -2.25. The maximum Gasteiger partial charge on any atom is 0.293 e. The van der Waals surface area contributed by atoms with Crippen molar-refractivity contribution in [2.24, 2.45) is 0 Å². The van der Waals surface area contributed by atoms with Gasteiger partial charge in [-0.05, 0) is 48.5 Å². The quantitative estimate of drug-likeness (QED) is 0.890. The Labute approximate surface area is 126 Å². The zero-order chi connectivity index (χ0) is 16.4. The third kappa shape index (κ3) is 4.88. The van der Waals surface area contributed by atoms with Gasteiger partial charge in [0.15, 0.2) is 5.82 Å². The molecule has 1 aromatic rings. The lowest BCUT2D eigenvalue weighted by atomic mass is 10.1. The number of amides is 1. The first kappa shape index (κ1) is 17.2. The van der Waals surface area contributed by atoms with Crippen molar-refractivity contribution in [3.05, 3.63) is 22.7 Å². The SMILES string of the molecule is CC(Nc1nccn(C(C)(C)C)c1=O)C(=O)NC(C)(C)C. The monoisotopic (exact) mass is 294 g/mol. The molecule has 0 saturated carbocycles. The van der Waals surface area contributed by atoms with E-state index in [4.69, 9.17) is 0 Å². The van der Waals surface area contributed by atoms with E-state index in [1.165, 1.54) is 0 Å². The Morgan fingerprint density at radius 2 is 1.81 bits per heavy atom. The van der Waals surface area contributed by atoms with Crippen LogP contribution in [0.15, 0.2) is 17.2 Å². The highest BCUT2D eigenvalue weighted by Gasteiger charge is 2.22. The van der Waals surface area contributed by atoms with Crippen molar-refractivity contribution in [1.29, 1.82) is 0 Å². The number of rotatable bonds is 3. The molecule has 2 N–H and O–H groups in total. The Morgan fingerprint density at radius 3 is 2.29 bits per heavy atom. The van der Waals surface area contributed by atoms with Crippen LogP contribution in [0.25, 0.3) is 0 Å². The molecule has 0 radical (unpaired) electrons. The van der Waals surface area contributed by atoms with Crippen LogP contribution in [0, 0.1) is 0 Å². The van der Waals surface area contributed by atoms with E-state index < -0.39 is 6.04 Å². The fourth-order valence-corrected chi connectivity index (χ4v) is 1.79. The van der Waals surface area contributed by atoms with Gasteiger partial charge in [0.2, 0.25) is 5.91 Å². The predicted molar refractivity (Wildman–Crippen MR) is 84.5 cm³/mol. The summed E-state index contributed by atoms with van der Waals surface area (Å²) < 4.78 is 1.59. The second-order valence-electron chi connectivity index (χ2n) is 7.23. The topological polar surface area (TPSA) is 76.0 Å². The Balaban J connectivity index is 2.94. The van der Waals surface area contributed by atoms with Gasteiger partial charge in [-0.15, -0.1) is 0 Å². The van der Waals surface area contributed by atoms with E-state index in [1.54, 1.807) is 23.9 Å². The van der Waals surface area contributed by atoms with Crippen molar-refractivity contribution in [2.75, 3.05) is 5.32 Å². The normalized spacial score (nSPS) is 13.7. The standard InChI is InChI=1S/C15H26N4O2/c1-10(12(20)18-14(2,3)4)17-11-13(21)19(9-8-16-11)15(5,6)7/h8-10H,1-7H3,(H,16,17)(H,18,20). The number of nitrogens with zero attached hydrogens (tertiary/aromatic N) is 2. The Hall–Kier alpha value is -1.85. The van der Waals surface area contributed by atoms with E-state index in [1.807, 2.05) is 41.5 Å². The molecular formula is C15H26N4O2. The van der Waals surface area contributed by atoms with E-state index in [2.05, 4.69) is 15.6 Å². The first-order valence-electron chi connectivity index (χ1n) is 7.08. The zero-order valence-electron chi connectivity index (χ0n) is 13.9. The minimum absolute atomic E-state index is 0.171. The van der Waals surface area contributed by atoms with Crippen molar-refractivity contribution < 1.29 is 4.79 Å². The molecule has 0 bridgehead atoms. The van der Waals surface area contributed by atoms with Gasteiger partial charge in [-0.3, -0.25) is 9.59 Å². The molecular weight excluding hydrogens is 268 g/mol. The molecule has 0 saturated heterocycles. The number of carbonyl (C=O) groups is 1. The summed E-state index contributed by atoms with van der Waals surface area (Å²) >= 11 is 0. The highest BCUT2D eigenvalue weighted by molar-refractivity contribution is 5.84. The predicted octanol–water partition coefficient (Wildman–Crippen LogP) is 1.71. The van der Waals surface area contributed by atoms with Crippen LogP contribution in [0.3, 0.4) is 0 Å². The second-order valence-corrected chi connectivity index (χ2v) is 7.23. The average molecular weight is 294 g/mol. The third-order valence-electron chi connectivity index (χ3n) is 2.81. The van der Waals surface area contributed by atoms with E-state index in [0.29, 0.717) is 0 Å². The van der Waals surface area contributed by atoms with Crippen LogP contribution in [-0.2, 0) is 10.3 Å². The van der Waals surface area contributed by atoms with E-state index in [9.17, 15) is 9.59 Å². The summed E-state index contributed by atoms with van der Waals surface area (Å²) in [4.78, 5) is 28.5. The van der Waals surface area contributed by atoms with Gasteiger partial charge in [-0.2, -0.15) is 0 Å². The molecule has 0 spiro atoms. The molecule has 0 fully saturated rings. The summed E-state index contributed by atoms with van der Waals surface area (Å²) in [5.41, 5.74) is -0.892. The molecule has 1 atom stereocenters. The van der Waals surface area contributed by atoms with Gasteiger partial charge in [0.1, 0.15) is 6.04 Å². The van der Waals surface area contributed by atoms with Gasteiger partial charge >= 0.3 is 0 Å². The summed E-state index contributed by atoms with van der Waals surface area (Å²) in [6, 6.07) is -0.541. The Morgan fingerprint density at radius 1 is 1.24 bits per heavy atom. The molecule has 1 unspecified atom stereocenters. The smallest absolute Gasteiger partial charge is 0.293 e. The van der Waals surface area contributed by atoms with Crippen LogP contribution in [0.1, 0.15) is 48.5 Å². The summed E-state index contributed by atoms with van der Waals surface area (Å²) in [6.45, 7) is 13.2. The van der Waals surface area contributed by atoms with Crippen LogP contribution in [0.5, 0.6) is 0 Å². The Bertz CT molecular complexity index is 564. The summed E-state index contributed by atoms with van der Waals surface area (Å²) in [6.07, 6.45) is 3.21. The zero-order valence-corrected chi connectivity index (χ0v) is 13.9. The molecule has 118 valence electrons. The molecule has 1 rings (SSSR count). The first-order chi connectivity index (χ1) is 9.42. The van der Waals surface area contributed by atoms with Crippen LogP contribution in [-0.4, -0.2) is 27.0 Å². The van der Waals surface area contributed by atoms with Gasteiger partial charge in [0, 0.05) is 23.5 Å². The van der Waals surface area contributed by atoms with Gasteiger partial charge in [-0.1, -0.05) is 0 Å². The lowest BCUT2D eigenvalue weighted by Crippen LogP contribution is -2.48. The van der Waals surface area contributed by atoms with E-state index >= 15 is 0 Å². The molecule has 1 heterocycles. The van der Waals surface area contributed by atoms with Gasteiger partial charge < -0.3 is 15.2 Å². The molecule has 0 aliphatic heterocycles. The van der Waals surface area contributed by atoms with Gasteiger partial charge in [0.25, 0.3) is 5.56 Å². The molecule has 1 amide bonds. The fraction of sp³-hybridized carbons (Fsp3) is 0.667. The minimum atomic E-state index is -0.541. The maximum absolute atomic E-state index is 12.4. The number of nitrogens with one attached hydrogen (secondary N) is 2. The number of hydrogen-bond acceptors (Lipinski definition) is 4. The number of anilines is 1. The second kappa shape index (κ2) is 5.87. The number of hydrogen-bond donors (Lipinski definition) is 2. The summed E-state index contributed by atoms with van der Waals surface area (Å²) in [7, 11) is 0. The van der Waals surface area contributed by atoms with E-state index in [-0.39, 0.29) is 28.4 Å². The average Bonchev–Trinajstić information content (AvgIpc) is 2.27. The van der Waals surface area contributed by atoms with Crippen molar-refractivity contribution >= 4 is 11.7 Å². The van der Waals surface area contributed by atoms with Crippen molar-refractivity contribution in [1.82, 2.24) is 14.9 Å². The Kier molecular flexibility index (Phi) is 4.81. The van der Waals surface area contributed by atoms with Crippen LogP contribution in [0.2, 0.25) is 0 Å². The number of aromatic nitrogens is 2. The molecule has 1 aromatic heterocycles. The van der Waals surface area contributed by atoms with Crippen molar-refractivity contribution in [2.45, 2.75) is 65.6 Å². The lowest BCUT2D eigenvalue weighted by molar-refractivity contribution is -0.122. The van der Waals surface area contributed by atoms with Crippen LogP contribution < -0.4 is 16.2 Å². The summed E-state index contributed by atoms with van der Waals surface area (Å²) in [5, 5.41) is 5.75. The highest BCUT2D eigenvalue weighted by atomic mass is 16.2. The summed E-state index contributed by atoms with van der Waals surface area (Å²) in [5.74, 6) is 0.0128. The van der Waals surface area contributed by atoms with Crippen LogP contribution >= 0.6 is 0 Å². The van der Waals surface area contributed by atoms with Crippen LogP contribution in [0.4, 0.5) is 5.82 Å². The molecule has 6 nitrogen and oxygen atoms in total. The van der Waals surface area contributed by atoms with E-state index in [0.717, 1.165) is 0 Å². The third-order valence-corrected chi connectivity index (χ3v) is 2.81. The molecule has 0 aliphatic carbocycles. The minimum Gasteiger partial charge on any atom is -0.354 e. The van der Waals surface area contributed by atoms with Crippen molar-refractivity contribution in [3.8, 4) is 0 Å². The fourth-order valence-electron chi connectivity index (χ4n) is 1.79. The molecule has 0 aromatic carbocycles.